The molecule has 0 radical (unpaired) electrons. The summed E-state index contributed by atoms with van der Waals surface area (Å²) in [5.41, 5.74) is 2.05. The topological polar surface area (TPSA) is 80.3 Å². The molecule has 32 heavy (non-hydrogen) atoms. The fourth-order valence-electron chi connectivity index (χ4n) is 4.44. The van der Waals surface area contributed by atoms with Crippen LogP contribution in [0.15, 0.2) is 41.3 Å². The van der Waals surface area contributed by atoms with Crippen LogP contribution in [0, 0.1) is 0 Å². The highest BCUT2D eigenvalue weighted by molar-refractivity contribution is 7.89. The smallest absolute Gasteiger partial charge is 0.240 e. The number of hydrogen-bond acceptors (Lipinski definition) is 7. The molecule has 0 saturated carbocycles. The number of nitrogens with one attached hydrogen (secondary N) is 1. The first kappa shape index (κ1) is 21.4. The van der Waals surface area contributed by atoms with Gasteiger partial charge in [0.25, 0.3) is 0 Å². The summed E-state index contributed by atoms with van der Waals surface area (Å²) in [5, 5.41) is 0. The molecule has 9 heteroatoms. The van der Waals surface area contributed by atoms with Gasteiger partial charge >= 0.3 is 0 Å². The molecule has 1 fully saturated rings. The molecule has 5 rings (SSSR count). The highest BCUT2D eigenvalue weighted by Crippen LogP contribution is 2.39. The second-order valence-corrected chi connectivity index (χ2v) is 10.0. The van der Waals surface area contributed by atoms with Gasteiger partial charge in [0.2, 0.25) is 10.0 Å². The first-order valence-electron chi connectivity index (χ1n) is 11.2. The van der Waals surface area contributed by atoms with Gasteiger partial charge in [0, 0.05) is 39.1 Å². The van der Waals surface area contributed by atoms with Crippen LogP contribution in [0.4, 0.5) is 5.69 Å². The van der Waals surface area contributed by atoms with Gasteiger partial charge in [0.1, 0.15) is 19.0 Å². The normalized spacial score (nSPS) is 18.3. The largest absolute Gasteiger partial charge is 0.493 e. The average Bonchev–Trinajstić information content (AvgIpc) is 3.30. The van der Waals surface area contributed by atoms with Gasteiger partial charge in [-0.15, -0.1) is 0 Å². The highest BCUT2D eigenvalue weighted by Gasteiger charge is 2.24. The Labute approximate surface area is 189 Å². The lowest BCUT2D eigenvalue weighted by atomic mass is 10.2. The summed E-state index contributed by atoms with van der Waals surface area (Å²) in [4.78, 5) is 5.03. The van der Waals surface area contributed by atoms with Crippen LogP contribution in [-0.2, 0) is 16.4 Å². The van der Waals surface area contributed by atoms with E-state index in [0.717, 1.165) is 74.1 Å². The fraction of sp³-hybridized carbons (Fsp3) is 0.478. The molecule has 3 aliphatic rings. The molecule has 172 valence electrons. The molecule has 0 aromatic heterocycles. The number of anilines is 1. The van der Waals surface area contributed by atoms with E-state index >= 15 is 0 Å². The summed E-state index contributed by atoms with van der Waals surface area (Å²) >= 11 is 0. The van der Waals surface area contributed by atoms with Gasteiger partial charge in [-0.2, -0.15) is 0 Å². The minimum Gasteiger partial charge on any atom is -0.493 e. The Morgan fingerprint density at radius 3 is 2.59 bits per heavy atom. The maximum atomic E-state index is 12.6. The standard InChI is InChI=1S/C23H29N3O5S/c27-32(28,19-5-6-21-18(17-19)7-14-29-21)24-8-2-9-25-10-12-26(13-11-25)20-3-1-4-22-23(20)31-16-15-30-22/h1,3-6,17,24H,2,7-16H2. The number of nitrogens with zero attached hydrogens (tertiary/aromatic N) is 2. The maximum Gasteiger partial charge on any atom is 0.240 e. The lowest BCUT2D eigenvalue weighted by molar-refractivity contribution is 0.171. The van der Waals surface area contributed by atoms with Gasteiger partial charge in [-0.1, -0.05) is 6.07 Å². The van der Waals surface area contributed by atoms with Crippen LogP contribution in [0.1, 0.15) is 12.0 Å². The fourth-order valence-corrected chi connectivity index (χ4v) is 5.57. The summed E-state index contributed by atoms with van der Waals surface area (Å²) in [6, 6.07) is 11.1. The number of piperazine rings is 1. The van der Waals surface area contributed by atoms with Crippen molar-refractivity contribution < 1.29 is 22.6 Å². The number of para-hydroxylation sites is 1. The van der Waals surface area contributed by atoms with Gasteiger partial charge in [-0.05, 0) is 48.9 Å². The van der Waals surface area contributed by atoms with Crippen molar-refractivity contribution in [3.05, 3.63) is 42.0 Å². The number of sulfonamides is 1. The Morgan fingerprint density at radius 1 is 0.906 bits per heavy atom. The predicted molar refractivity (Wildman–Crippen MR) is 122 cm³/mol. The molecule has 0 unspecified atom stereocenters. The Hall–Kier alpha value is -2.49. The van der Waals surface area contributed by atoms with Crippen molar-refractivity contribution in [3.63, 3.8) is 0 Å². The third-order valence-electron chi connectivity index (χ3n) is 6.17. The SMILES string of the molecule is O=S(=O)(NCCCN1CCN(c2cccc3c2OCCO3)CC1)c1ccc2c(c1)CCO2. The molecule has 3 heterocycles. The van der Waals surface area contributed by atoms with E-state index in [2.05, 4.69) is 20.6 Å². The van der Waals surface area contributed by atoms with Gasteiger partial charge in [0.15, 0.2) is 11.5 Å². The van der Waals surface area contributed by atoms with E-state index in [1.54, 1.807) is 18.2 Å². The van der Waals surface area contributed by atoms with E-state index in [4.69, 9.17) is 14.2 Å². The lowest BCUT2D eigenvalue weighted by Crippen LogP contribution is -2.47. The van der Waals surface area contributed by atoms with E-state index in [-0.39, 0.29) is 0 Å². The summed E-state index contributed by atoms with van der Waals surface area (Å²) in [6.45, 7) is 6.76. The summed E-state index contributed by atoms with van der Waals surface area (Å²) < 4.78 is 45.0. The molecule has 0 bridgehead atoms. The Balaban J connectivity index is 1.08. The predicted octanol–water partition coefficient (Wildman–Crippen LogP) is 1.88. The van der Waals surface area contributed by atoms with Crippen LogP contribution in [0.25, 0.3) is 0 Å². The van der Waals surface area contributed by atoms with Crippen molar-refractivity contribution in [3.8, 4) is 17.2 Å². The molecule has 0 spiro atoms. The van der Waals surface area contributed by atoms with Crippen molar-refractivity contribution in [2.24, 2.45) is 0 Å². The van der Waals surface area contributed by atoms with Crippen LogP contribution >= 0.6 is 0 Å². The second kappa shape index (κ2) is 9.17. The van der Waals surface area contributed by atoms with Gasteiger partial charge in [-0.3, -0.25) is 4.90 Å². The molecular weight excluding hydrogens is 430 g/mol. The number of benzene rings is 2. The minimum absolute atomic E-state index is 0.313. The zero-order chi connectivity index (χ0) is 22.0. The van der Waals surface area contributed by atoms with Crippen LogP contribution in [0.2, 0.25) is 0 Å². The Bertz CT molecular complexity index is 1070. The number of ether oxygens (including phenoxy) is 3. The van der Waals surface area contributed by atoms with Crippen LogP contribution in [-0.4, -0.2) is 72.4 Å². The van der Waals surface area contributed by atoms with Crippen molar-refractivity contribution in [1.82, 2.24) is 9.62 Å². The van der Waals surface area contributed by atoms with E-state index in [1.165, 1.54) is 0 Å². The zero-order valence-electron chi connectivity index (χ0n) is 18.1. The van der Waals surface area contributed by atoms with Crippen molar-refractivity contribution in [2.75, 3.05) is 64.0 Å². The van der Waals surface area contributed by atoms with Crippen LogP contribution < -0.4 is 23.8 Å². The van der Waals surface area contributed by atoms with E-state index in [9.17, 15) is 8.42 Å². The molecule has 3 aliphatic heterocycles. The molecule has 0 amide bonds. The second-order valence-electron chi connectivity index (χ2n) is 8.25. The Kier molecular flexibility index (Phi) is 6.12. The number of rotatable bonds is 7. The molecule has 2 aromatic carbocycles. The first-order chi connectivity index (χ1) is 15.6. The molecule has 0 aliphatic carbocycles. The monoisotopic (exact) mass is 459 g/mol. The van der Waals surface area contributed by atoms with E-state index in [0.29, 0.717) is 31.3 Å². The molecule has 1 N–H and O–H groups in total. The molecule has 2 aromatic rings. The Morgan fingerprint density at radius 2 is 1.72 bits per heavy atom. The quantitative estimate of drug-likeness (QED) is 0.634. The number of fused-ring (bicyclic) bond motifs is 2. The third-order valence-corrected chi connectivity index (χ3v) is 7.63. The van der Waals surface area contributed by atoms with Gasteiger partial charge < -0.3 is 19.1 Å². The van der Waals surface area contributed by atoms with Crippen LogP contribution in [0.5, 0.6) is 17.2 Å². The van der Waals surface area contributed by atoms with Crippen molar-refractivity contribution in [2.45, 2.75) is 17.7 Å². The lowest BCUT2D eigenvalue weighted by Gasteiger charge is -2.37. The van der Waals surface area contributed by atoms with Crippen LogP contribution in [0.3, 0.4) is 0 Å². The van der Waals surface area contributed by atoms with Gasteiger partial charge in [0.05, 0.1) is 17.2 Å². The summed E-state index contributed by atoms with van der Waals surface area (Å²) in [6.07, 6.45) is 1.53. The maximum absolute atomic E-state index is 12.6. The van der Waals surface area contributed by atoms with Gasteiger partial charge in [-0.25, -0.2) is 13.1 Å². The average molecular weight is 460 g/mol. The van der Waals surface area contributed by atoms with Crippen molar-refractivity contribution in [1.29, 1.82) is 0 Å². The van der Waals surface area contributed by atoms with E-state index in [1.807, 2.05) is 12.1 Å². The summed E-state index contributed by atoms with van der Waals surface area (Å²) in [5.74, 6) is 2.46. The molecule has 0 atom stereocenters. The van der Waals surface area contributed by atoms with Crippen molar-refractivity contribution >= 4 is 15.7 Å². The number of hydrogen-bond donors (Lipinski definition) is 1. The van der Waals surface area contributed by atoms with E-state index < -0.39 is 10.0 Å². The minimum atomic E-state index is -3.50. The summed E-state index contributed by atoms with van der Waals surface area (Å²) in [7, 11) is -3.50. The zero-order valence-corrected chi connectivity index (χ0v) is 18.9. The molecule has 1 saturated heterocycles. The molecule has 8 nitrogen and oxygen atoms in total. The third kappa shape index (κ3) is 4.51. The highest BCUT2D eigenvalue weighted by atomic mass is 32.2. The first-order valence-corrected chi connectivity index (χ1v) is 12.7. The molecular formula is C23H29N3O5S.